The van der Waals surface area contributed by atoms with Gasteiger partial charge in [-0.25, -0.2) is 4.79 Å². The highest BCUT2D eigenvalue weighted by molar-refractivity contribution is 8.93. The first-order chi connectivity index (χ1) is 11.3. The molecular formula is C21H42BrNO2. The molecule has 0 bridgehead atoms. The number of nitrogens with two attached hydrogens (primary N) is 1. The van der Waals surface area contributed by atoms with Gasteiger partial charge in [-0.05, 0) is 27.2 Å². The van der Waals surface area contributed by atoms with Gasteiger partial charge in [-0.15, -0.1) is 17.0 Å². The molecule has 0 fully saturated rings. The Balaban J connectivity index is 0. The van der Waals surface area contributed by atoms with Crippen molar-refractivity contribution in [2.75, 3.05) is 0 Å². The fourth-order valence-electron chi connectivity index (χ4n) is 3.38. The highest BCUT2D eigenvalue weighted by Crippen LogP contribution is 2.26. The van der Waals surface area contributed by atoms with Gasteiger partial charge < -0.3 is 10.5 Å². The van der Waals surface area contributed by atoms with E-state index in [2.05, 4.69) is 13.5 Å². The molecule has 0 saturated carbocycles. The van der Waals surface area contributed by atoms with E-state index in [-0.39, 0.29) is 40.5 Å². The van der Waals surface area contributed by atoms with Gasteiger partial charge in [0.05, 0.1) is 0 Å². The lowest BCUT2D eigenvalue weighted by Gasteiger charge is -2.34. The molecule has 0 rings (SSSR count). The third-order valence-corrected chi connectivity index (χ3v) is 4.86. The third kappa shape index (κ3) is 14.5. The number of halogens is 1. The zero-order valence-electron chi connectivity index (χ0n) is 17.0. The van der Waals surface area contributed by atoms with Crippen LogP contribution in [0.1, 0.15) is 98.3 Å². The smallest absolute Gasteiger partial charge is 0.330 e. The van der Waals surface area contributed by atoms with Crippen LogP contribution in [-0.4, -0.2) is 17.6 Å². The lowest BCUT2D eigenvalue weighted by Crippen LogP contribution is -2.47. The highest BCUT2D eigenvalue weighted by atomic mass is 79.9. The molecule has 2 N–H and O–H groups in total. The summed E-state index contributed by atoms with van der Waals surface area (Å²) in [7, 11) is 0. The quantitative estimate of drug-likeness (QED) is 0.191. The standard InChI is InChI=1S/C21H41NO2.BrH/c1-6-8-9-10-11-12-13-14-15-16-17-19(21(4,5)22)18(3)24-20(23)7-2;/h7,18-19H,2,6,8-17,22H2,1,3-5H3;1H. The Morgan fingerprint density at radius 2 is 1.48 bits per heavy atom. The maximum atomic E-state index is 11.4. The summed E-state index contributed by atoms with van der Waals surface area (Å²) in [6.07, 6.45) is 15.3. The molecule has 0 aromatic heterocycles. The first-order valence-corrected chi connectivity index (χ1v) is 9.94. The molecule has 0 spiro atoms. The summed E-state index contributed by atoms with van der Waals surface area (Å²) >= 11 is 0. The normalized spacial score (nSPS) is 13.6. The first-order valence-electron chi connectivity index (χ1n) is 9.94. The Morgan fingerprint density at radius 1 is 1.04 bits per heavy atom. The second-order valence-corrected chi connectivity index (χ2v) is 7.74. The van der Waals surface area contributed by atoms with E-state index in [0.717, 1.165) is 12.8 Å². The number of hydrogen-bond donors (Lipinski definition) is 1. The van der Waals surface area contributed by atoms with Gasteiger partial charge >= 0.3 is 5.97 Å². The molecule has 0 aromatic rings. The van der Waals surface area contributed by atoms with Crippen molar-refractivity contribution >= 4 is 23.0 Å². The first kappa shape index (κ1) is 26.9. The van der Waals surface area contributed by atoms with Crippen molar-refractivity contribution in [1.82, 2.24) is 0 Å². The molecule has 0 amide bonds. The van der Waals surface area contributed by atoms with Crippen molar-refractivity contribution in [3.63, 3.8) is 0 Å². The molecule has 4 heteroatoms. The molecule has 150 valence electrons. The monoisotopic (exact) mass is 419 g/mol. The predicted molar refractivity (Wildman–Crippen MR) is 114 cm³/mol. The summed E-state index contributed by atoms with van der Waals surface area (Å²) in [6.45, 7) is 11.7. The molecule has 0 heterocycles. The topological polar surface area (TPSA) is 52.3 Å². The van der Waals surface area contributed by atoms with Crippen LogP contribution in [-0.2, 0) is 9.53 Å². The Morgan fingerprint density at radius 3 is 1.88 bits per heavy atom. The molecule has 2 unspecified atom stereocenters. The second kappa shape index (κ2) is 15.9. The van der Waals surface area contributed by atoms with Gasteiger partial charge in [0.25, 0.3) is 0 Å². The number of unbranched alkanes of at least 4 members (excludes halogenated alkanes) is 9. The number of carbonyl (C=O) groups excluding carboxylic acids is 1. The molecule has 0 aliphatic carbocycles. The van der Waals surface area contributed by atoms with Crippen LogP contribution in [0.15, 0.2) is 12.7 Å². The van der Waals surface area contributed by atoms with E-state index >= 15 is 0 Å². The summed E-state index contributed by atoms with van der Waals surface area (Å²) in [5, 5.41) is 0. The van der Waals surface area contributed by atoms with Crippen LogP contribution in [0.2, 0.25) is 0 Å². The summed E-state index contributed by atoms with van der Waals surface area (Å²) in [6, 6.07) is 0. The van der Waals surface area contributed by atoms with Gasteiger partial charge in [0, 0.05) is 17.5 Å². The molecular weight excluding hydrogens is 378 g/mol. The number of hydrogen-bond acceptors (Lipinski definition) is 3. The molecule has 0 aliphatic rings. The highest BCUT2D eigenvalue weighted by Gasteiger charge is 2.31. The maximum absolute atomic E-state index is 11.4. The van der Waals surface area contributed by atoms with Crippen LogP contribution in [0.3, 0.4) is 0 Å². The van der Waals surface area contributed by atoms with Gasteiger partial charge in [0.2, 0.25) is 0 Å². The summed E-state index contributed by atoms with van der Waals surface area (Å²) < 4.78 is 5.39. The van der Waals surface area contributed by atoms with Crippen molar-refractivity contribution in [2.45, 2.75) is 110 Å². The Labute approximate surface area is 166 Å². The van der Waals surface area contributed by atoms with Crippen LogP contribution < -0.4 is 5.73 Å². The van der Waals surface area contributed by atoms with Crippen LogP contribution in [0.4, 0.5) is 0 Å². The zero-order valence-corrected chi connectivity index (χ0v) is 18.7. The van der Waals surface area contributed by atoms with E-state index in [4.69, 9.17) is 10.5 Å². The van der Waals surface area contributed by atoms with Crippen molar-refractivity contribution in [1.29, 1.82) is 0 Å². The molecule has 0 radical (unpaired) electrons. The predicted octanol–water partition coefficient (Wildman–Crippen LogP) is 6.35. The van der Waals surface area contributed by atoms with E-state index in [9.17, 15) is 4.79 Å². The van der Waals surface area contributed by atoms with Crippen molar-refractivity contribution in [3.8, 4) is 0 Å². The Bertz CT molecular complexity index is 339. The molecule has 3 nitrogen and oxygen atoms in total. The number of rotatable bonds is 15. The van der Waals surface area contributed by atoms with Crippen LogP contribution in [0, 0.1) is 5.92 Å². The van der Waals surface area contributed by atoms with Gasteiger partial charge in [-0.2, -0.15) is 0 Å². The van der Waals surface area contributed by atoms with E-state index in [0.29, 0.717) is 0 Å². The molecule has 25 heavy (non-hydrogen) atoms. The summed E-state index contributed by atoms with van der Waals surface area (Å²) in [4.78, 5) is 11.4. The van der Waals surface area contributed by atoms with Gasteiger partial charge in [-0.1, -0.05) is 77.7 Å². The van der Waals surface area contributed by atoms with Crippen LogP contribution in [0.5, 0.6) is 0 Å². The number of carbonyl (C=O) groups is 1. The molecule has 0 saturated heterocycles. The van der Waals surface area contributed by atoms with E-state index < -0.39 is 0 Å². The van der Waals surface area contributed by atoms with E-state index in [1.807, 2.05) is 20.8 Å². The minimum absolute atomic E-state index is 0. The van der Waals surface area contributed by atoms with Crippen molar-refractivity contribution < 1.29 is 9.53 Å². The minimum atomic E-state index is -0.361. The molecule has 0 aliphatic heterocycles. The van der Waals surface area contributed by atoms with Crippen molar-refractivity contribution in [3.05, 3.63) is 12.7 Å². The number of esters is 1. The van der Waals surface area contributed by atoms with Crippen molar-refractivity contribution in [2.24, 2.45) is 11.7 Å². The minimum Gasteiger partial charge on any atom is -0.459 e. The van der Waals surface area contributed by atoms with Crippen LogP contribution >= 0.6 is 17.0 Å². The molecule has 2 atom stereocenters. The maximum Gasteiger partial charge on any atom is 0.330 e. The largest absolute Gasteiger partial charge is 0.459 e. The summed E-state index contributed by atoms with van der Waals surface area (Å²) in [5.74, 6) is -0.185. The fourth-order valence-corrected chi connectivity index (χ4v) is 3.38. The van der Waals surface area contributed by atoms with Crippen LogP contribution in [0.25, 0.3) is 0 Å². The van der Waals surface area contributed by atoms with Gasteiger partial charge in [-0.3, -0.25) is 0 Å². The second-order valence-electron chi connectivity index (χ2n) is 7.74. The lowest BCUT2D eigenvalue weighted by atomic mass is 9.80. The van der Waals surface area contributed by atoms with E-state index in [1.165, 1.54) is 63.9 Å². The number of ether oxygens (including phenoxy) is 1. The van der Waals surface area contributed by atoms with Gasteiger partial charge in [0.15, 0.2) is 0 Å². The summed E-state index contributed by atoms with van der Waals surface area (Å²) in [5.41, 5.74) is 5.95. The Hall–Kier alpha value is -0.350. The average Bonchev–Trinajstić information content (AvgIpc) is 2.51. The lowest BCUT2D eigenvalue weighted by molar-refractivity contribution is -0.145. The zero-order chi connectivity index (χ0) is 18.4. The van der Waals surface area contributed by atoms with E-state index in [1.54, 1.807) is 0 Å². The SMILES string of the molecule is Br.C=CC(=O)OC(C)C(CCCCCCCCCCCC)C(C)(C)N. The van der Waals surface area contributed by atoms with Gasteiger partial charge in [0.1, 0.15) is 6.10 Å². The molecule has 0 aromatic carbocycles. The average molecular weight is 420 g/mol. The fraction of sp³-hybridized carbons (Fsp3) is 0.857. The third-order valence-electron chi connectivity index (χ3n) is 4.86. The Kier molecular flexibility index (Phi) is 17.1.